The van der Waals surface area contributed by atoms with E-state index in [0.29, 0.717) is 10.0 Å². The smallest absolute Gasteiger partial charge is 0.334 e. The number of hydrogen-bond acceptors (Lipinski definition) is 8. The molecule has 0 unspecified atom stereocenters. The maximum absolute atomic E-state index is 12.0. The van der Waals surface area contributed by atoms with Crippen molar-refractivity contribution in [1.29, 1.82) is 0 Å². The van der Waals surface area contributed by atoms with E-state index in [1.807, 2.05) is 0 Å². The summed E-state index contributed by atoms with van der Waals surface area (Å²) in [7, 11) is 0. The minimum Gasteiger partial charge on any atom is -0.353 e. The largest absolute Gasteiger partial charge is 0.353 e. The highest BCUT2D eigenvalue weighted by Gasteiger charge is 2.60. The molecule has 4 aromatic rings. The fourth-order valence-corrected chi connectivity index (χ4v) is 5.50. The molecule has 2 aromatic heterocycles. The van der Waals surface area contributed by atoms with E-state index in [4.69, 9.17) is 32.2 Å². The number of nitro groups is 2. The lowest BCUT2D eigenvalue weighted by Gasteiger charge is -2.50. The van der Waals surface area contributed by atoms with Gasteiger partial charge in [0.25, 0.3) is 0 Å². The van der Waals surface area contributed by atoms with Gasteiger partial charge in [0, 0.05) is 33.7 Å². The Hall–Kier alpha value is -3.76. The maximum atomic E-state index is 12.0. The van der Waals surface area contributed by atoms with Crippen LogP contribution in [0.25, 0.3) is 0 Å². The highest BCUT2D eigenvalue weighted by Crippen LogP contribution is 2.68. The number of aromatic nitrogens is 2. The Morgan fingerprint density at radius 3 is 1.31 bits per heavy atom. The first-order valence-corrected chi connectivity index (χ1v) is 11.7. The van der Waals surface area contributed by atoms with Gasteiger partial charge < -0.3 is 9.05 Å². The van der Waals surface area contributed by atoms with Crippen LogP contribution in [0.5, 0.6) is 0 Å². The van der Waals surface area contributed by atoms with Gasteiger partial charge in [-0.25, -0.2) is 0 Å². The van der Waals surface area contributed by atoms with Gasteiger partial charge in [-0.15, -0.1) is 0 Å². The number of benzene rings is 2. The summed E-state index contributed by atoms with van der Waals surface area (Å²) in [6.07, 6.45) is 0. The predicted octanol–water partition coefficient (Wildman–Crippen LogP) is 6.85. The second-order valence-corrected chi connectivity index (χ2v) is 9.56. The summed E-state index contributed by atoms with van der Waals surface area (Å²) in [6, 6.07) is 13.9. The van der Waals surface area contributed by atoms with Gasteiger partial charge in [-0.2, -0.15) is 0 Å². The van der Waals surface area contributed by atoms with Crippen molar-refractivity contribution in [3.8, 4) is 0 Å². The molecule has 0 radical (unpaired) electrons. The first-order chi connectivity index (χ1) is 17.2. The zero-order chi connectivity index (χ0) is 25.7. The molecule has 12 heteroatoms. The van der Waals surface area contributed by atoms with E-state index in [0.717, 1.165) is 11.1 Å². The lowest BCUT2D eigenvalue weighted by atomic mass is 9.51. The molecule has 1 fully saturated rings. The second kappa shape index (κ2) is 9.03. The van der Waals surface area contributed by atoms with E-state index in [9.17, 15) is 20.2 Å². The first kappa shape index (κ1) is 24.0. The molecule has 1 aliphatic carbocycles. The van der Waals surface area contributed by atoms with Crippen LogP contribution in [0.4, 0.5) is 11.4 Å². The zero-order valence-electron chi connectivity index (χ0n) is 18.9. The van der Waals surface area contributed by atoms with Gasteiger partial charge in [0.1, 0.15) is 0 Å². The molecule has 1 aliphatic rings. The van der Waals surface area contributed by atoms with Crippen LogP contribution >= 0.6 is 23.2 Å². The molecule has 184 valence electrons. The molecule has 0 aliphatic heterocycles. The summed E-state index contributed by atoms with van der Waals surface area (Å²) in [6.45, 7) is 3.00. The average Bonchev–Trinajstić information content (AvgIpc) is 3.38. The van der Waals surface area contributed by atoms with Crippen molar-refractivity contribution in [2.24, 2.45) is 0 Å². The highest BCUT2D eigenvalue weighted by atomic mass is 35.5. The maximum Gasteiger partial charge on any atom is 0.334 e. The average molecular weight is 529 g/mol. The number of nitrogens with zero attached hydrogens (tertiary/aromatic N) is 4. The molecule has 5 rings (SSSR count). The fraction of sp³-hybridized carbons (Fsp3) is 0.250. The standard InChI is InChI=1S/C24H18Cl2N4O6/c1-11-21(29(31)32)23(35-27-11)19-17(13-3-7-15(25)8-4-13)20(18(19)14-5-9-16(26)10-6-14)24-22(30(33)34)12(2)28-36-24/h3-10,17-20H,1-2H3. The van der Waals surface area contributed by atoms with Gasteiger partial charge in [-0.05, 0) is 49.2 Å². The van der Waals surface area contributed by atoms with Gasteiger partial charge in [0.2, 0.25) is 11.5 Å². The summed E-state index contributed by atoms with van der Waals surface area (Å²) in [5.41, 5.74) is 1.35. The molecule has 0 amide bonds. The molecule has 2 heterocycles. The van der Waals surface area contributed by atoms with Gasteiger partial charge >= 0.3 is 11.4 Å². The van der Waals surface area contributed by atoms with Gasteiger partial charge in [-0.3, -0.25) is 20.2 Å². The Kier molecular flexibility index (Phi) is 6.01. The van der Waals surface area contributed by atoms with E-state index >= 15 is 0 Å². The van der Waals surface area contributed by atoms with Crippen LogP contribution in [0.1, 0.15) is 57.7 Å². The Labute approximate surface area is 214 Å². The molecular weight excluding hydrogens is 511 g/mol. The molecule has 0 bridgehead atoms. The first-order valence-electron chi connectivity index (χ1n) is 10.9. The third-order valence-electron chi connectivity index (χ3n) is 6.74. The summed E-state index contributed by atoms with van der Waals surface area (Å²) >= 11 is 12.2. The molecule has 0 saturated heterocycles. The molecular formula is C24H18Cl2N4O6. The molecule has 36 heavy (non-hydrogen) atoms. The van der Waals surface area contributed by atoms with Gasteiger partial charge in [0.05, 0.1) is 9.85 Å². The minimum atomic E-state index is -0.594. The predicted molar refractivity (Wildman–Crippen MR) is 130 cm³/mol. The van der Waals surface area contributed by atoms with Crippen LogP contribution in [-0.4, -0.2) is 20.2 Å². The van der Waals surface area contributed by atoms with Crippen LogP contribution in [0, 0.1) is 34.1 Å². The molecule has 10 nitrogen and oxygen atoms in total. The molecule has 0 spiro atoms. The van der Waals surface area contributed by atoms with Crippen LogP contribution < -0.4 is 0 Å². The molecule has 0 N–H and O–H groups in total. The van der Waals surface area contributed by atoms with Crippen LogP contribution in [-0.2, 0) is 0 Å². The monoisotopic (exact) mass is 528 g/mol. The van der Waals surface area contributed by atoms with Crippen molar-refractivity contribution in [3.05, 3.63) is 113 Å². The van der Waals surface area contributed by atoms with Crippen molar-refractivity contribution >= 4 is 34.6 Å². The lowest BCUT2D eigenvalue weighted by molar-refractivity contribution is -0.387. The number of hydrogen-bond donors (Lipinski definition) is 0. The second-order valence-electron chi connectivity index (χ2n) is 8.68. The summed E-state index contributed by atoms with van der Waals surface area (Å²) < 4.78 is 11.1. The number of rotatable bonds is 6. The van der Waals surface area contributed by atoms with Crippen molar-refractivity contribution in [3.63, 3.8) is 0 Å². The van der Waals surface area contributed by atoms with E-state index in [1.165, 1.54) is 13.8 Å². The van der Waals surface area contributed by atoms with Crippen molar-refractivity contribution in [1.82, 2.24) is 10.3 Å². The Morgan fingerprint density at radius 1 is 0.667 bits per heavy atom. The number of halogens is 2. The Bertz CT molecular complexity index is 1350. The van der Waals surface area contributed by atoms with Gasteiger partial charge in [-0.1, -0.05) is 57.8 Å². The van der Waals surface area contributed by atoms with E-state index in [1.54, 1.807) is 48.5 Å². The summed E-state index contributed by atoms with van der Waals surface area (Å²) in [4.78, 5) is 22.9. The normalized spacial score (nSPS) is 21.2. The third kappa shape index (κ3) is 3.82. The lowest BCUT2D eigenvalue weighted by Crippen LogP contribution is -2.40. The summed E-state index contributed by atoms with van der Waals surface area (Å²) in [5, 5.41) is 32.7. The molecule has 2 aromatic carbocycles. The molecule has 0 atom stereocenters. The van der Waals surface area contributed by atoms with E-state index in [-0.39, 0.29) is 34.3 Å². The van der Waals surface area contributed by atoms with Gasteiger partial charge in [0.15, 0.2) is 11.4 Å². The molecule has 1 saturated carbocycles. The van der Waals surface area contributed by atoms with Crippen LogP contribution in [0.15, 0.2) is 57.6 Å². The quantitative estimate of drug-likeness (QED) is 0.195. The van der Waals surface area contributed by atoms with Crippen LogP contribution in [0.3, 0.4) is 0 Å². The third-order valence-corrected chi connectivity index (χ3v) is 7.25. The Balaban J connectivity index is 1.77. The Morgan fingerprint density at radius 2 is 1.00 bits per heavy atom. The fourth-order valence-electron chi connectivity index (χ4n) is 5.25. The number of aryl methyl sites for hydroxylation is 2. The van der Waals surface area contributed by atoms with Crippen molar-refractivity contribution in [2.45, 2.75) is 37.5 Å². The summed E-state index contributed by atoms with van der Waals surface area (Å²) in [5.74, 6) is -2.01. The van der Waals surface area contributed by atoms with E-state index in [2.05, 4.69) is 10.3 Å². The van der Waals surface area contributed by atoms with Crippen molar-refractivity contribution < 1.29 is 18.9 Å². The van der Waals surface area contributed by atoms with Crippen molar-refractivity contribution in [2.75, 3.05) is 0 Å². The zero-order valence-corrected chi connectivity index (χ0v) is 20.4. The SMILES string of the molecule is Cc1noc(C2C(c3ccc(Cl)cc3)C(c3onc(C)c3[N+](=O)[O-])C2c2ccc(Cl)cc2)c1[N+](=O)[O-]. The topological polar surface area (TPSA) is 138 Å². The minimum absolute atomic E-state index is 0.0903. The van der Waals surface area contributed by atoms with E-state index < -0.39 is 33.5 Å². The van der Waals surface area contributed by atoms with Crippen LogP contribution in [0.2, 0.25) is 10.0 Å². The highest BCUT2D eigenvalue weighted by molar-refractivity contribution is 6.30.